The number of carbonyl (C=O) groups excluding carboxylic acids is 1. The minimum atomic E-state index is -0.138. The molecule has 0 bridgehead atoms. The molecule has 2 heterocycles. The maximum atomic E-state index is 13.0. The standard InChI is InChI=1S/C26H30N4O3S/c1-4-9-27-26(34)29-21-15-20-18(14-22(21)30(10-5-2)11-6-3)19(25(31)28-20)12-17-7-8-23-24(13-17)33-16-32-23/h4,7-8,12-15H,1,5-6,9-11,16H2,2-3H3,(H,28,31)(H2,27,29,34)/b19-12-. The molecule has 0 aliphatic carbocycles. The van der Waals surface area contributed by atoms with E-state index in [-0.39, 0.29) is 12.7 Å². The second-order valence-electron chi connectivity index (χ2n) is 8.15. The highest BCUT2D eigenvalue weighted by atomic mass is 32.1. The largest absolute Gasteiger partial charge is 0.454 e. The number of amides is 1. The summed E-state index contributed by atoms with van der Waals surface area (Å²) in [5.41, 5.74) is 4.97. The van der Waals surface area contributed by atoms with Crippen molar-refractivity contribution in [1.29, 1.82) is 0 Å². The van der Waals surface area contributed by atoms with Crippen LogP contribution in [0.1, 0.15) is 37.8 Å². The molecule has 2 aliphatic rings. The fourth-order valence-corrected chi connectivity index (χ4v) is 4.32. The van der Waals surface area contributed by atoms with E-state index in [9.17, 15) is 4.79 Å². The minimum absolute atomic E-state index is 0.138. The van der Waals surface area contributed by atoms with Gasteiger partial charge in [-0.1, -0.05) is 26.0 Å². The molecule has 2 aromatic rings. The number of anilines is 3. The number of ether oxygens (including phenoxy) is 2. The van der Waals surface area contributed by atoms with E-state index in [2.05, 4.69) is 47.3 Å². The molecule has 34 heavy (non-hydrogen) atoms. The van der Waals surface area contributed by atoms with Crippen molar-refractivity contribution in [2.24, 2.45) is 0 Å². The van der Waals surface area contributed by atoms with Gasteiger partial charge in [0.1, 0.15) is 0 Å². The highest BCUT2D eigenvalue weighted by Crippen LogP contribution is 2.41. The number of thiocarbonyl (C=S) groups is 1. The first kappa shape index (κ1) is 23.6. The van der Waals surface area contributed by atoms with Crippen LogP contribution in [0.15, 0.2) is 43.0 Å². The van der Waals surface area contributed by atoms with Crippen molar-refractivity contribution in [3.63, 3.8) is 0 Å². The molecule has 0 saturated heterocycles. The van der Waals surface area contributed by atoms with Crippen LogP contribution in [-0.4, -0.2) is 37.4 Å². The third-order valence-corrected chi connectivity index (χ3v) is 5.86. The molecule has 2 aromatic carbocycles. The zero-order valence-electron chi connectivity index (χ0n) is 19.6. The third kappa shape index (κ3) is 5.02. The molecule has 0 radical (unpaired) electrons. The predicted octanol–water partition coefficient (Wildman–Crippen LogP) is 5.01. The third-order valence-electron chi connectivity index (χ3n) is 5.61. The molecule has 0 saturated carbocycles. The van der Waals surface area contributed by atoms with Crippen molar-refractivity contribution in [1.82, 2.24) is 5.32 Å². The Morgan fingerprint density at radius 2 is 1.94 bits per heavy atom. The van der Waals surface area contributed by atoms with Crippen LogP contribution in [0.5, 0.6) is 11.5 Å². The van der Waals surface area contributed by atoms with Gasteiger partial charge in [0, 0.05) is 30.8 Å². The van der Waals surface area contributed by atoms with E-state index in [1.807, 2.05) is 30.3 Å². The Hall–Kier alpha value is -3.52. The molecule has 0 atom stereocenters. The molecule has 0 unspecified atom stereocenters. The number of rotatable bonds is 9. The smallest absolute Gasteiger partial charge is 0.256 e. The van der Waals surface area contributed by atoms with Gasteiger partial charge >= 0.3 is 0 Å². The summed E-state index contributed by atoms with van der Waals surface area (Å²) < 4.78 is 10.9. The molecule has 7 nitrogen and oxygen atoms in total. The van der Waals surface area contributed by atoms with Crippen molar-refractivity contribution in [2.45, 2.75) is 26.7 Å². The Balaban J connectivity index is 1.75. The summed E-state index contributed by atoms with van der Waals surface area (Å²) in [5.74, 6) is 1.26. The SMILES string of the molecule is C=CCNC(=S)Nc1cc2c(cc1N(CCC)CCC)/C(=C/c1ccc3c(c1)OCO3)C(=O)N2. The molecule has 0 aromatic heterocycles. The highest BCUT2D eigenvalue weighted by molar-refractivity contribution is 7.80. The van der Waals surface area contributed by atoms with Crippen LogP contribution < -0.4 is 30.3 Å². The van der Waals surface area contributed by atoms with Crippen molar-refractivity contribution < 1.29 is 14.3 Å². The van der Waals surface area contributed by atoms with Gasteiger partial charge in [-0.2, -0.15) is 0 Å². The summed E-state index contributed by atoms with van der Waals surface area (Å²) in [6.45, 7) is 10.6. The van der Waals surface area contributed by atoms with Crippen LogP contribution >= 0.6 is 12.2 Å². The Kier molecular flexibility index (Phi) is 7.37. The van der Waals surface area contributed by atoms with Crippen molar-refractivity contribution >= 4 is 51.9 Å². The van der Waals surface area contributed by atoms with Crippen LogP contribution in [0.25, 0.3) is 11.6 Å². The highest BCUT2D eigenvalue weighted by Gasteiger charge is 2.27. The summed E-state index contributed by atoms with van der Waals surface area (Å²) in [6, 6.07) is 9.72. The molecule has 8 heteroatoms. The zero-order chi connectivity index (χ0) is 24.1. The number of nitrogens with zero attached hydrogens (tertiary/aromatic N) is 1. The maximum absolute atomic E-state index is 13.0. The Morgan fingerprint density at radius 3 is 2.68 bits per heavy atom. The Labute approximate surface area is 205 Å². The fraction of sp³-hybridized carbons (Fsp3) is 0.308. The van der Waals surface area contributed by atoms with E-state index < -0.39 is 0 Å². The van der Waals surface area contributed by atoms with Gasteiger partial charge in [0.25, 0.3) is 5.91 Å². The number of fused-ring (bicyclic) bond motifs is 2. The van der Waals surface area contributed by atoms with Crippen LogP contribution in [-0.2, 0) is 4.79 Å². The average molecular weight is 479 g/mol. The Bertz CT molecular complexity index is 1140. The molecule has 0 fully saturated rings. The lowest BCUT2D eigenvalue weighted by Gasteiger charge is -2.27. The monoisotopic (exact) mass is 478 g/mol. The van der Waals surface area contributed by atoms with Gasteiger partial charge in [0.15, 0.2) is 16.6 Å². The molecule has 2 aliphatic heterocycles. The molecular weight excluding hydrogens is 448 g/mol. The first-order chi connectivity index (χ1) is 16.5. The van der Waals surface area contributed by atoms with Crippen LogP contribution in [0, 0.1) is 0 Å². The molecule has 178 valence electrons. The van der Waals surface area contributed by atoms with Crippen molar-refractivity contribution in [2.75, 3.05) is 42.0 Å². The Morgan fingerprint density at radius 1 is 1.18 bits per heavy atom. The second-order valence-corrected chi connectivity index (χ2v) is 8.56. The number of hydrogen-bond acceptors (Lipinski definition) is 5. The average Bonchev–Trinajstić information content (AvgIpc) is 3.40. The number of hydrogen-bond donors (Lipinski definition) is 3. The van der Waals surface area contributed by atoms with Gasteiger partial charge < -0.3 is 30.3 Å². The van der Waals surface area contributed by atoms with E-state index in [0.717, 1.165) is 54.1 Å². The molecule has 4 rings (SSSR count). The minimum Gasteiger partial charge on any atom is -0.454 e. The van der Waals surface area contributed by atoms with Crippen molar-refractivity contribution in [3.8, 4) is 11.5 Å². The summed E-state index contributed by atoms with van der Waals surface area (Å²) in [6.07, 6.45) is 5.66. The predicted molar refractivity (Wildman–Crippen MR) is 143 cm³/mol. The van der Waals surface area contributed by atoms with Crippen LogP contribution in [0.4, 0.5) is 17.1 Å². The molecule has 0 spiro atoms. The maximum Gasteiger partial charge on any atom is 0.256 e. The number of benzene rings is 2. The lowest BCUT2D eigenvalue weighted by atomic mass is 10.0. The molecule has 3 N–H and O–H groups in total. The van der Waals surface area contributed by atoms with Gasteiger partial charge in [-0.15, -0.1) is 6.58 Å². The van der Waals surface area contributed by atoms with E-state index in [4.69, 9.17) is 21.7 Å². The van der Waals surface area contributed by atoms with E-state index >= 15 is 0 Å². The van der Waals surface area contributed by atoms with Crippen molar-refractivity contribution in [3.05, 3.63) is 54.1 Å². The van der Waals surface area contributed by atoms with E-state index in [1.54, 1.807) is 6.08 Å². The normalized spacial score (nSPS) is 14.5. The van der Waals surface area contributed by atoms with Crippen LogP contribution in [0.3, 0.4) is 0 Å². The second kappa shape index (κ2) is 10.6. The topological polar surface area (TPSA) is 74.9 Å². The zero-order valence-corrected chi connectivity index (χ0v) is 20.4. The van der Waals surface area contributed by atoms with Gasteiger partial charge in [-0.25, -0.2) is 0 Å². The summed E-state index contributed by atoms with van der Waals surface area (Å²) in [7, 11) is 0. The summed E-state index contributed by atoms with van der Waals surface area (Å²) in [5, 5.41) is 9.94. The first-order valence-electron chi connectivity index (χ1n) is 11.6. The van der Waals surface area contributed by atoms with Gasteiger partial charge in [0.2, 0.25) is 6.79 Å². The fourth-order valence-electron chi connectivity index (χ4n) is 4.13. The van der Waals surface area contributed by atoms with E-state index in [1.165, 1.54) is 0 Å². The molecular formula is C26H30N4O3S. The van der Waals surface area contributed by atoms with Gasteiger partial charge in [0.05, 0.1) is 17.1 Å². The van der Waals surface area contributed by atoms with Crippen LogP contribution in [0.2, 0.25) is 0 Å². The number of carbonyl (C=O) groups is 1. The lowest BCUT2D eigenvalue weighted by Crippen LogP contribution is -2.31. The first-order valence-corrected chi connectivity index (χ1v) is 12.0. The van der Waals surface area contributed by atoms with Gasteiger partial charge in [-0.05, 0) is 61.0 Å². The number of nitrogens with one attached hydrogen (secondary N) is 3. The quantitative estimate of drug-likeness (QED) is 0.266. The summed E-state index contributed by atoms with van der Waals surface area (Å²) >= 11 is 5.47. The van der Waals surface area contributed by atoms with Gasteiger partial charge in [-0.3, -0.25) is 4.79 Å². The lowest BCUT2D eigenvalue weighted by molar-refractivity contribution is -0.110. The van der Waals surface area contributed by atoms with E-state index in [0.29, 0.717) is 28.7 Å². The molecule has 1 amide bonds. The summed E-state index contributed by atoms with van der Waals surface area (Å²) in [4.78, 5) is 15.3.